The largest absolute Gasteiger partial charge is 0.490 e. The molecule has 1 amide bonds. The Morgan fingerprint density at radius 1 is 0.830 bits per heavy atom. The molecule has 0 atom stereocenters. The summed E-state index contributed by atoms with van der Waals surface area (Å²) in [6.07, 6.45) is 4.09. The van der Waals surface area contributed by atoms with Crippen molar-refractivity contribution in [1.29, 1.82) is 0 Å². The van der Waals surface area contributed by atoms with E-state index in [1.54, 1.807) is 11.0 Å². The maximum atomic E-state index is 13.0. The van der Waals surface area contributed by atoms with E-state index in [1.165, 1.54) is 30.6 Å². The molecule has 250 valence electrons. The van der Waals surface area contributed by atoms with Crippen LogP contribution in [0.5, 0.6) is 17.4 Å². The van der Waals surface area contributed by atoms with Crippen molar-refractivity contribution in [3.8, 4) is 17.4 Å². The number of rotatable bonds is 9. The van der Waals surface area contributed by atoms with Crippen molar-refractivity contribution < 1.29 is 46.9 Å². The highest BCUT2D eigenvalue weighted by Crippen LogP contribution is 3.02. The first-order chi connectivity index (χ1) is 22.0. The maximum absolute atomic E-state index is 13.0. The molecule has 0 radical (unpaired) electrons. The number of hydrogen-bond acceptors (Lipinski definition) is 8. The third-order valence-corrected chi connectivity index (χ3v) is 8.17. The molecule has 4 aromatic rings. The number of nitrogens with zero attached hydrogens (tertiary/aromatic N) is 3. The molecule has 2 aromatic carbocycles. The van der Waals surface area contributed by atoms with E-state index in [0.29, 0.717) is 37.1 Å². The van der Waals surface area contributed by atoms with Crippen LogP contribution in [0, 0.1) is 6.92 Å². The molecule has 2 aromatic heterocycles. The van der Waals surface area contributed by atoms with E-state index in [2.05, 4.69) is 9.97 Å². The highest BCUT2D eigenvalue weighted by molar-refractivity contribution is 8.45. The standard InChI is InChI=1S/C31H28F5N3O4S.O2S/c1-21-2-6-24(7-3-21)42-26-14-16-39(17-15-26)31(41)23-5-12-28(37-20-23)29(40)18-22-4-13-30(38-19-22)43-25-8-10-27(11-9-25)44(32,33,34,35)36;1-3-2/h2-13,19-20,26H,14-18H2,1H3;. The predicted octanol–water partition coefficient (Wildman–Crippen LogP) is 7.67. The van der Waals surface area contributed by atoms with Crippen LogP contribution in [0.2, 0.25) is 0 Å². The van der Waals surface area contributed by atoms with E-state index in [1.807, 2.05) is 31.2 Å². The van der Waals surface area contributed by atoms with E-state index in [4.69, 9.17) is 17.9 Å². The molecule has 0 N–H and O–H groups in total. The molecule has 0 spiro atoms. The van der Waals surface area contributed by atoms with Gasteiger partial charge in [0.1, 0.15) is 28.2 Å². The summed E-state index contributed by atoms with van der Waals surface area (Å²) in [6.45, 7) is 3.09. The van der Waals surface area contributed by atoms with Gasteiger partial charge in [0.05, 0.1) is 5.56 Å². The zero-order chi connectivity index (χ0) is 34.3. The summed E-state index contributed by atoms with van der Waals surface area (Å²) in [4.78, 5) is 33.7. The van der Waals surface area contributed by atoms with Gasteiger partial charge in [-0.1, -0.05) is 43.2 Å². The quantitative estimate of drug-likeness (QED) is 0.129. The molecule has 0 saturated carbocycles. The van der Waals surface area contributed by atoms with E-state index in [0.717, 1.165) is 23.4 Å². The summed E-state index contributed by atoms with van der Waals surface area (Å²) < 4.78 is 92.3. The van der Waals surface area contributed by atoms with Crippen molar-refractivity contribution in [2.24, 2.45) is 0 Å². The van der Waals surface area contributed by atoms with Gasteiger partial charge in [0, 0.05) is 50.8 Å². The average Bonchev–Trinajstić information content (AvgIpc) is 3.03. The van der Waals surface area contributed by atoms with Crippen LogP contribution in [-0.4, -0.2) is 54.2 Å². The zero-order valence-corrected chi connectivity index (χ0v) is 26.3. The first-order valence-electron chi connectivity index (χ1n) is 14.0. The number of Topliss-reactive ketones (excluding diaryl/α,β-unsaturated/α-hetero) is 1. The fourth-order valence-corrected chi connectivity index (χ4v) is 5.24. The molecular weight excluding hydrogens is 669 g/mol. The van der Waals surface area contributed by atoms with Crippen molar-refractivity contribution in [3.05, 3.63) is 108 Å². The van der Waals surface area contributed by atoms with Crippen molar-refractivity contribution in [2.75, 3.05) is 13.1 Å². The second kappa shape index (κ2) is 13.6. The number of carbonyl (C=O) groups excluding carboxylic acids is 2. The number of benzene rings is 2. The molecule has 1 fully saturated rings. The molecule has 9 nitrogen and oxygen atoms in total. The highest BCUT2D eigenvalue weighted by atomic mass is 32.5. The minimum absolute atomic E-state index is 0.00646. The van der Waals surface area contributed by atoms with E-state index in [-0.39, 0.29) is 53.7 Å². The molecule has 1 aliphatic heterocycles. The number of pyridine rings is 2. The SMILES string of the molecule is Cc1ccc(OC2CCN(C(=O)c3ccc(C(=O)Cc4ccc(Oc5ccc(S(F)(F)(F)(F)F)cc5)nc4)nc3)CC2)cc1.O=S=O. The number of ketones is 1. The Morgan fingerprint density at radius 2 is 1.45 bits per heavy atom. The maximum Gasteiger partial charge on any atom is 0.335 e. The lowest BCUT2D eigenvalue weighted by molar-refractivity contribution is 0.0594. The van der Waals surface area contributed by atoms with Crippen LogP contribution < -0.4 is 9.47 Å². The molecule has 16 heteroatoms. The fourth-order valence-electron chi connectivity index (χ4n) is 4.59. The summed E-state index contributed by atoms with van der Waals surface area (Å²) >= 11 is -0.750. The van der Waals surface area contributed by atoms with Gasteiger partial charge < -0.3 is 14.4 Å². The average molecular weight is 698 g/mol. The van der Waals surface area contributed by atoms with Gasteiger partial charge in [-0.2, -0.15) is 8.42 Å². The van der Waals surface area contributed by atoms with Crippen LogP contribution in [0.15, 0.2) is 90.1 Å². The lowest BCUT2D eigenvalue weighted by atomic mass is 10.1. The van der Waals surface area contributed by atoms with Crippen LogP contribution in [0.25, 0.3) is 0 Å². The molecular formula is C31H28F5N3O6S2. The van der Waals surface area contributed by atoms with Crippen LogP contribution in [0.4, 0.5) is 19.4 Å². The third-order valence-electron chi connectivity index (χ3n) is 7.00. The number of likely N-dealkylation sites (tertiary alicyclic amines) is 1. The topological polar surface area (TPSA) is 116 Å². The number of carbonyl (C=O) groups is 2. The van der Waals surface area contributed by atoms with Gasteiger partial charge >= 0.3 is 21.8 Å². The summed E-state index contributed by atoms with van der Waals surface area (Å²) in [5, 5.41) is 0. The van der Waals surface area contributed by atoms with E-state index >= 15 is 0 Å². The number of halogens is 5. The highest BCUT2D eigenvalue weighted by Gasteiger charge is 2.65. The molecule has 0 aliphatic carbocycles. The van der Waals surface area contributed by atoms with Crippen molar-refractivity contribution in [3.63, 3.8) is 0 Å². The van der Waals surface area contributed by atoms with E-state index in [9.17, 15) is 29.0 Å². The van der Waals surface area contributed by atoms with Gasteiger partial charge in [0.25, 0.3) is 5.91 Å². The normalized spacial score (nSPS) is 14.9. The van der Waals surface area contributed by atoms with Crippen LogP contribution in [0.1, 0.15) is 44.8 Å². The monoisotopic (exact) mass is 697 g/mol. The van der Waals surface area contributed by atoms with Gasteiger partial charge in [-0.05, 0) is 61.0 Å². The first-order valence-corrected chi connectivity index (χ1v) is 16.6. The Kier molecular flexibility index (Phi) is 10.2. The number of amides is 1. The van der Waals surface area contributed by atoms with Crippen molar-refractivity contribution >= 4 is 33.5 Å². The number of aromatic nitrogens is 2. The molecule has 1 aliphatic rings. The molecule has 1 saturated heterocycles. The summed E-state index contributed by atoms with van der Waals surface area (Å²) in [6, 6.07) is 15.9. The number of hydrogen-bond donors (Lipinski definition) is 0. The Balaban J connectivity index is 0.00000160. The number of piperidine rings is 1. The second-order valence-electron chi connectivity index (χ2n) is 10.6. The van der Waals surface area contributed by atoms with Gasteiger partial charge in [-0.25, -0.2) is 4.98 Å². The van der Waals surface area contributed by atoms with Crippen LogP contribution in [-0.2, 0) is 18.0 Å². The smallest absolute Gasteiger partial charge is 0.335 e. The summed E-state index contributed by atoms with van der Waals surface area (Å²) in [7, 11) is -9.77. The Hall–Kier alpha value is -4.70. The van der Waals surface area contributed by atoms with Gasteiger partial charge in [0.15, 0.2) is 5.78 Å². The Morgan fingerprint density at radius 3 is 1.98 bits per heavy atom. The molecule has 0 unspecified atom stereocenters. The van der Waals surface area contributed by atoms with Crippen LogP contribution in [0.3, 0.4) is 0 Å². The summed E-state index contributed by atoms with van der Waals surface area (Å²) in [5.74, 6) is 0.188. The molecule has 5 rings (SSSR count). The first kappa shape index (κ1) is 35.2. The molecule has 3 heterocycles. The Bertz CT molecular complexity index is 1750. The summed E-state index contributed by atoms with van der Waals surface area (Å²) in [5.41, 5.74) is 2.20. The predicted molar refractivity (Wildman–Crippen MR) is 164 cm³/mol. The minimum Gasteiger partial charge on any atom is -0.490 e. The van der Waals surface area contributed by atoms with Gasteiger partial charge in [0.2, 0.25) is 5.88 Å². The van der Waals surface area contributed by atoms with Gasteiger partial charge in [-0.15, -0.1) is 0 Å². The third kappa shape index (κ3) is 10.1. The van der Waals surface area contributed by atoms with Crippen molar-refractivity contribution in [2.45, 2.75) is 37.2 Å². The fraction of sp³-hybridized carbons (Fsp3) is 0.226. The number of ether oxygens (including phenoxy) is 2. The van der Waals surface area contributed by atoms with Crippen LogP contribution >= 0.6 is 10.2 Å². The lowest BCUT2D eigenvalue weighted by Crippen LogP contribution is -2.41. The lowest BCUT2D eigenvalue weighted by Gasteiger charge is -2.40. The van der Waals surface area contributed by atoms with E-state index < -0.39 is 26.7 Å². The Labute approximate surface area is 270 Å². The second-order valence-corrected chi connectivity index (χ2v) is 13.1. The molecule has 0 bridgehead atoms. The molecule has 47 heavy (non-hydrogen) atoms. The minimum atomic E-state index is -9.77. The van der Waals surface area contributed by atoms with Gasteiger partial charge in [-0.3, -0.25) is 14.6 Å². The zero-order valence-electron chi connectivity index (χ0n) is 24.7. The van der Waals surface area contributed by atoms with Crippen molar-refractivity contribution in [1.82, 2.24) is 14.9 Å². The number of aryl methyl sites for hydroxylation is 1.